The molecule has 1 aliphatic rings. The van der Waals surface area contributed by atoms with Gasteiger partial charge in [-0.3, -0.25) is 4.79 Å². The second-order valence-corrected chi connectivity index (χ2v) is 5.06. The van der Waals surface area contributed by atoms with Gasteiger partial charge in [-0.05, 0) is 30.5 Å². The van der Waals surface area contributed by atoms with E-state index in [4.69, 9.17) is 4.74 Å². The Hall–Kier alpha value is -0.750. The van der Waals surface area contributed by atoms with Gasteiger partial charge in [-0.25, -0.2) is 0 Å². The molecule has 4 nitrogen and oxygen atoms in total. The number of benzene rings is 1. The molecule has 2 rings (SSSR count). The summed E-state index contributed by atoms with van der Waals surface area (Å²) in [6.07, 6.45) is 2.42. The normalized spacial score (nSPS) is 18.5. The quantitative estimate of drug-likeness (QED) is 0.837. The van der Waals surface area contributed by atoms with Crippen LogP contribution in [-0.2, 0) is 9.53 Å². The summed E-state index contributed by atoms with van der Waals surface area (Å²) in [5.41, 5.74) is 0.835. The van der Waals surface area contributed by atoms with Crippen LogP contribution in [0.2, 0.25) is 0 Å². The van der Waals surface area contributed by atoms with Gasteiger partial charge in [0.05, 0.1) is 19.1 Å². The Morgan fingerprint density at radius 1 is 1.47 bits per heavy atom. The Kier molecular flexibility index (Phi) is 7.23. The molecule has 1 aromatic rings. The number of anilines is 1. The van der Waals surface area contributed by atoms with Crippen LogP contribution >= 0.6 is 24.2 Å². The van der Waals surface area contributed by atoms with E-state index in [1.807, 2.05) is 30.5 Å². The van der Waals surface area contributed by atoms with Crippen molar-refractivity contribution in [2.45, 2.75) is 17.4 Å². The molecule has 0 radical (unpaired) electrons. The van der Waals surface area contributed by atoms with Crippen molar-refractivity contribution in [1.29, 1.82) is 0 Å². The molecule has 1 aromatic carbocycles. The summed E-state index contributed by atoms with van der Waals surface area (Å²) in [6, 6.07) is 7.84. The number of amides is 1. The van der Waals surface area contributed by atoms with Crippen molar-refractivity contribution in [2.75, 3.05) is 31.3 Å². The van der Waals surface area contributed by atoms with Gasteiger partial charge < -0.3 is 15.4 Å². The van der Waals surface area contributed by atoms with Gasteiger partial charge in [-0.15, -0.1) is 24.2 Å². The highest BCUT2D eigenvalue weighted by Crippen LogP contribution is 2.17. The minimum atomic E-state index is -0.00998. The highest BCUT2D eigenvalue weighted by Gasteiger charge is 2.17. The zero-order valence-electron chi connectivity index (χ0n) is 10.8. The Labute approximate surface area is 124 Å². The first-order chi connectivity index (χ1) is 8.78. The van der Waals surface area contributed by atoms with Gasteiger partial charge in [0.25, 0.3) is 0 Å². The number of hydrogen-bond acceptors (Lipinski definition) is 4. The lowest BCUT2D eigenvalue weighted by Gasteiger charge is -2.23. The predicted molar refractivity (Wildman–Crippen MR) is 81.3 cm³/mol. The van der Waals surface area contributed by atoms with E-state index in [2.05, 4.69) is 10.6 Å². The largest absolute Gasteiger partial charge is 0.375 e. The fourth-order valence-electron chi connectivity index (χ4n) is 1.84. The minimum absolute atomic E-state index is 0. The van der Waals surface area contributed by atoms with Crippen LogP contribution < -0.4 is 10.6 Å². The first-order valence-electron chi connectivity index (χ1n) is 6.04. The van der Waals surface area contributed by atoms with Crippen LogP contribution in [0.5, 0.6) is 0 Å². The molecule has 0 aliphatic carbocycles. The monoisotopic (exact) mass is 302 g/mol. The molecular weight excluding hydrogens is 284 g/mol. The van der Waals surface area contributed by atoms with E-state index in [0.29, 0.717) is 13.0 Å². The molecule has 1 unspecified atom stereocenters. The van der Waals surface area contributed by atoms with E-state index in [1.54, 1.807) is 11.8 Å². The lowest BCUT2D eigenvalue weighted by Crippen LogP contribution is -2.40. The van der Waals surface area contributed by atoms with Crippen molar-refractivity contribution in [3.05, 3.63) is 24.3 Å². The molecule has 6 heteroatoms. The first kappa shape index (κ1) is 16.3. The molecule has 1 saturated heterocycles. The summed E-state index contributed by atoms with van der Waals surface area (Å²) >= 11 is 1.68. The van der Waals surface area contributed by atoms with Gasteiger partial charge in [0.2, 0.25) is 5.91 Å². The van der Waals surface area contributed by atoms with Crippen LogP contribution in [0.4, 0.5) is 5.69 Å². The maximum atomic E-state index is 11.8. The molecule has 0 aromatic heterocycles. The molecule has 0 saturated carbocycles. The molecule has 1 heterocycles. The van der Waals surface area contributed by atoms with Gasteiger partial charge in [0, 0.05) is 23.7 Å². The molecule has 2 N–H and O–H groups in total. The predicted octanol–water partition coefficient (Wildman–Crippen LogP) is 2.15. The van der Waals surface area contributed by atoms with Crippen LogP contribution in [0.25, 0.3) is 0 Å². The van der Waals surface area contributed by atoms with Crippen LogP contribution in [-0.4, -0.2) is 38.0 Å². The highest BCUT2D eigenvalue weighted by molar-refractivity contribution is 7.98. The molecule has 0 spiro atoms. The minimum Gasteiger partial charge on any atom is -0.375 e. The number of carbonyl (C=O) groups excluding carboxylic acids is 1. The van der Waals surface area contributed by atoms with Crippen molar-refractivity contribution in [3.8, 4) is 0 Å². The van der Waals surface area contributed by atoms with Crippen LogP contribution in [0.15, 0.2) is 29.2 Å². The van der Waals surface area contributed by atoms with E-state index < -0.39 is 0 Å². The van der Waals surface area contributed by atoms with E-state index in [-0.39, 0.29) is 24.4 Å². The Morgan fingerprint density at radius 2 is 2.21 bits per heavy atom. The number of hydrogen-bond donors (Lipinski definition) is 2. The van der Waals surface area contributed by atoms with E-state index in [0.717, 1.165) is 18.8 Å². The van der Waals surface area contributed by atoms with E-state index in [1.165, 1.54) is 4.90 Å². The summed E-state index contributed by atoms with van der Waals surface area (Å²) in [4.78, 5) is 13.0. The second-order valence-electron chi connectivity index (χ2n) is 4.18. The average molecular weight is 303 g/mol. The number of thioether (sulfide) groups is 1. The van der Waals surface area contributed by atoms with Gasteiger partial charge in [0.15, 0.2) is 0 Å². The topological polar surface area (TPSA) is 50.4 Å². The van der Waals surface area contributed by atoms with Crippen molar-refractivity contribution in [1.82, 2.24) is 5.32 Å². The molecule has 1 amide bonds. The smallest absolute Gasteiger partial charge is 0.227 e. The summed E-state index contributed by atoms with van der Waals surface area (Å²) < 4.78 is 5.50. The number of carbonyl (C=O) groups is 1. The summed E-state index contributed by atoms with van der Waals surface area (Å²) in [7, 11) is 0. The molecule has 19 heavy (non-hydrogen) atoms. The molecule has 1 fully saturated rings. The molecule has 106 valence electrons. The van der Waals surface area contributed by atoms with Crippen molar-refractivity contribution in [2.24, 2.45) is 0 Å². The highest BCUT2D eigenvalue weighted by atomic mass is 35.5. The maximum absolute atomic E-state index is 11.8. The Balaban J connectivity index is 0.00000180. The number of halogens is 1. The second kappa shape index (κ2) is 8.43. The third-order valence-electron chi connectivity index (χ3n) is 2.79. The van der Waals surface area contributed by atoms with Crippen molar-refractivity contribution < 1.29 is 9.53 Å². The number of rotatable bonds is 4. The molecule has 0 bridgehead atoms. The Bertz CT molecular complexity index is 394. The third-order valence-corrected chi connectivity index (χ3v) is 3.53. The van der Waals surface area contributed by atoms with E-state index >= 15 is 0 Å². The average Bonchev–Trinajstić information content (AvgIpc) is 2.40. The lowest BCUT2D eigenvalue weighted by atomic mass is 10.2. The third kappa shape index (κ3) is 5.40. The fourth-order valence-corrected chi connectivity index (χ4v) is 2.25. The molecule has 1 atom stereocenters. The standard InChI is InChI=1S/C13H18N2O2S.ClH/c1-18-12-4-2-10(3-5-12)15-13(16)8-11-9-14-6-7-17-11;/h2-5,11,14H,6-9H2,1H3,(H,15,16);1H. The summed E-state index contributed by atoms with van der Waals surface area (Å²) in [5.74, 6) is 0.000557. The first-order valence-corrected chi connectivity index (χ1v) is 7.26. The van der Waals surface area contributed by atoms with Crippen LogP contribution in [0, 0.1) is 0 Å². The number of morpholine rings is 1. The summed E-state index contributed by atoms with van der Waals surface area (Å²) in [6.45, 7) is 2.30. The van der Waals surface area contributed by atoms with Crippen molar-refractivity contribution >= 4 is 35.8 Å². The molecular formula is C13H19ClN2O2S. The van der Waals surface area contributed by atoms with Gasteiger partial charge in [0.1, 0.15) is 0 Å². The Morgan fingerprint density at radius 3 is 2.79 bits per heavy atom. The summed E-state index contributed by atoms with van der Waals surface area (Å²) in [5, 5.41) is 6.10. The molecule has 1 aliphatic heterocycles. The van der Waals surface area contributed by atoms with Gasteiger partial charge >= 0.3 is 0 Å². The van der Waals surface area contributed by atoms with Gasteiger partial charge in [-0.2, -0.15) is 0 Å². The SMILES string of the molecule is CSc1ccc(NC(=O)CC2CNCCO2)cc1.Cl. The maximum Gasteiger partial charge on any atom is 0.227 e. The zero-order valence-corrected chi connectivity index (χ0v) is 12.5. The van der Waals surface area contributed by atoms with Crippen molar-refractivity contribution in [3.63, 3.8) is 0 Å². The number of nitrogens with one attached hydrogen (secondary N) is 2. The zero-order chi connectivity index (χ0) is 12.8. The lowest BCUT2D eigenvalue weighted by molar-refractivity contribution is -0.119. The van der Waals surface area contributed by atoms with Crippen LogP contribution in [0.3, 0.4) is 0 Å². The van der Waals surface area contributed by atoms with E-state index in [9.17, 15) is 4.79 Å². The fraction of sp³-hybridized carbons (Fsp3) is 0.462. The van der Waals surface area contributed by atoms with Gasteiger partial charge in [-0.1, -0.05) is 0 Å². The van der Waals surface area contributed by atoms with Crippen LogP contribution in [0.1, 0.15) is 6.42 Å². The number of ether oxygens (including phenoxy) is 1.